The van der Waals surface area contributed by atoms with Gasteiger partial charge in [0.25, 0.3) is 11.8 Å². The van der Waals surface area contributed by atoms with E-state index in [1.54, 1.807) is 30.3 Å². The summed E-state index contributed by atoms with van der Waals surface area (Å²) in [5.74, 6) is -0.899. The standard InChI is InChI=1S/C23H22Cl2N2O4/c1-12(2)11-31-20-18(24)9-15(10-19(20)25)8-17-21(28)26-23(30)27(22(17)29)16-6-5-13(3)14(4)7-16/h5-10,12H,11H2,1-4H3,(H,26,28,30)/b17-8+. The molecule has 3 rings (SSSR count). The minimum absolute atomic E-state index is 0.208. The first kappa shape index (κ1) is 22.8. The van der Waals surface area contributed by atoms with Crippen molar-refractivity contribution >= 4 is 52.8 Å². The first-order valence-electron chi connectivity index (χ1n) is 9.69. The van der Waals surface area contributed by atoms with Crippen LogP contribution < -0.4 is 15.0 Å². The summed E-state index contributed by atoms with van der Waals surface area (Å²) in [6, 6.07) is 7.47. The number of benzene rings is 2. The van der Waals surface area contributed by atoms with Crippen LogP contribution in [0.4, 0.5) is 10.5 Å². The molecule has 0 atom stereocenters. The Morgan fingerprint density at radius 2 is 1.68 bits per heavy atom. The van der Waals surface area contributed by atoms with E-state index in [9.17, 15) is 14.4 Å². The van der Waals surface area contributed by atoms with E-state index in [0.717, 1.165) is 16.0 Å². The second-order valence-electron chi connectivity index (χ2n) is 7.74. The van der Waals surface area contributed by atoms with Gasteiger partial charge in [-0.15, -0.1) is 0 Å². The molecule has 31 heavy (non-hydrogen) atoms. The van der Waals surface area contributed by atoms with Gasteiger partial charge in [-0.25, -0.2) is 9.69 Å². The van der Waals surface area contributed by atoms with Crippen molar-refractivity contribution in [3.8, 4) is 5.75 Å². The predicted molar refractivity (Wildman–Crippen MR) is 122 cm³/mol. The second-order valence-corrected chi connectivity index (χ2v) is 8.56. The molecule has 1 fully saturated rings. The zero-order chi connectivity index (χ0) is 22.9. The Balaban J connectivity index is 1.97. The molecule has 8 heteroatoms. The van der Waals surface area contributed by atoms with E-state index < -0.39 is 17.8 Å². The molecular weight excluding hydrogens is 439 g/mol. The number of hydrogen-bond acceptors (Lipinski definition) is 4. The second kappa shape index (κ2) is 9.12. The molecule has 1 N–H and O–H groups in total. The molecule has 1 aliphatic rings. The summed E-state index contributed by atoms with van der Waals surface area (Å²) in [4.78, 5) is 38.8. The fourth-order valence-corrected chi connectivity index (χ4v) is 3.59. The number of nitrogens with one attached hydrogen (secondary N) is 1. The smallest absolute Gasteiger partial charge is 0.335 e. The third-order valence-corrected chi connectivity index (χ3v) is 5.30. The van der Waals surface area contributed by atoms with Gasteiger partial charge in [0.1, 0.15) is 5.57 Å². The molecule has 4 amide bonds. The van der Waals surface area contributed by atoms with Gasteiger partial charge in [0.15, 0.2) is 5.75 Å². The number of rotatable bonds is 5. The fourth-order valence-electron chi connectivity index (χ4n) is 2.97. The monoisotopic (exact) mass is 460 g/mol. The lowest BCUT2D eigenvalue weighted by Gasteiger charge is -2.27. The van der Waals surface area contributed by atoms with Gasteiger partial charge in [-0.05, 0) is 66.8 Å². The van der Waals surface area contributed by atoms with E-state index in [0.29, 0.717) is 23.6 Å². The Labute approximate surface area is 190 Å². The highest BCUT2D eigenvalue weighted by Crippen LogP contribution is 2.35. The van der Waals surface area contributed by atoms with E-state index in [4.69, 9.17) is 27.9 Å². The minimum Gasteiger partial charge on any atom is -0.490 e. The third-order valence-electron chi connectivity index (χ3n) is 4.74. The van der Waals surface area contributed by atoms with Crippen molar-refractivity contribution in [3.05, 3.63) is 62.6 Å². The number of barbiturate groups is 1. The number of urea groups is 1. The minimum atomic E-state index is -0.802. The van der Waals surface area contributed by atoms with Crippen molar-refractivity contribution in [2.75, 3.05) is 11.5 Å². The highest BCUT2D eigenvalue weighted by Gasteiger charge is 2.37. The van der Waals surface area contributed by atoms with Crippen LogP contribution in [0.2, 0.25) is 10.0 Å². The normalized spacial score (nSPS) is 15.6. The molecule has 0 spiro atoms. The van der Waals surface area contributed by atoms with Crippen LogP contribution in [0.25, 0.3) is 6.08 Å². The van der Waals surface area contributed by atoms with Crippen molar-refractivity contribution < 1.29 is 19.1 Å². The highest BCUT2D eigenvalue weighted by molar-refractivity contribution is 6.40. The van der Waals surface area contributed by atoms with Crippen molar-refractivity contribution in [2.24, 2.45) is 5.92 Å². The van der Waals surface area contributed by atoms with E-state index in [2.05, 4.69) is 5.32 Å². The average molecular weight is 461 g/mol. The van der Waals surface area contributed by atoms with Crippen LogP contribution in [0.3, 0.4) is 0 Å². The maximum absolute atomic E-state index is 13.0. The molecule has 6 nitrogen and oxygen atoms in total. The van der Waals surface area contributed by atoms with Gasteiger partial charge in [0, 0.05) is 0 Å². The van der Waals surface area contributed by atoms with Gasteiger partial charge < -0.3 is 4.74 Å². The van der Waals surface area contributed by atoms with Crippen molar-refractivity contribution in [1.29, 1.82) is 0 Å². The summed E-state index contributed by atoms with van der Waals surface area (Å²) in [6.45, 7) is 8.23. The molecule has 1 aliphatic heterocycles. The SMILES string of the molecule is Cc1ccc(N2C(=O)NC(=O)/C(=C\c3cc(Cl)c(OCC(C)C)c(Cl)c3)C2=O)cc1C. The molecule has 0 unspecified atom stereocenters. The number of hydrogen-bond donors (Lipinski definition) is 1. The number of carbonyl (C=O) groups excluding carboxylic acids is 3. The fraction of sp³-hybridized carbons (Fsp3) is 0.261. The Morgan fingerprint density at radius 1 is 1.03 bits per heavy atom. The molecule has 162 valence electrons. The van der Waals surface area contributed by atoms with Crippen LogP contribution in [0.1, 0.15) is 30.5 Å². The molecule has 2 aromatic carbocycles. The molecule has 1 saturated heterocycles. The van der Waals surface area contributed by atoms with Gasteiger partial charge >= 0.3 is 6.03 Å². The number of carbonyl (C=O) groups is 3. The van der Waals surface area contributed by atoms with Gasteiger partial charge in [-0.1, -0.05) is 43.1 Å². The largest absolute Gasteiger partial charge is 0.490 e. The molecule has 0 radical (unpaired) electrons. The van der Waals surface area contributed by atoms with Crippen LogP contribution in [0, 0.1) is 19.8 Å². The zero-order valence-electron chi connectivity index (χ0n) is 17.6. The zero-order valence-corrected chi connectivity index (χ0v) is 19.1. The van der Waals surface area contributed by atoms with E-state index in [1.165, 1.54) is 6.08 Å². The summed E-state index contributed by atoms with van der Waals surface area (Å²) >= 11 is 12.6. The van der Waals surface area contributed by atoms with Gasteiger partial charge in [0.2, 0.25) is 0 Å². The lowest BCUT2D eigenvalue weighted by atomic mass is 10.0. The topological polar surface area (TPSA) is 75.7 Å². The Kier molecular flexibility index (Phi) is 6.72. The summed E-state index contributed by atoms with van der Waals surface area (Å²) in [6.07, 6.45) is 1.35. The first-order valence-corrected chi connectivity index (χ1v) is 10.4. The number of aryl methyl sites for hydroxylation is 2. The Hall–Kier alpha value is -2.83. The molecule has 0 bridgehead atoms. The summed E-state index contributed by atoms with van der Waals surface area (Å²) in [7, 11) is 0. The first-order chi connectivity index (χ1) is 14.6. The average Bonchev–Trinajstić information content (AvgIpc) is 2.67. The van der Waals surface area contributed by atoms with Crippen molar-refractivity contribution in [3.63, 3.8) is 0 Å². The maximum Gasteiger partial charge on any atom is 0.335 e. The van der Waals surface area contributed by atoms with Crippen LogP contribution >= 0.6 is 23.2 Å². The van der Waals surface area contributed by atoms with Crippen LogP contribution in [-0.4, -0.2) is 24.5 Å². The molecule has 0 aliphatic carbocycles. The number of amides is 4. The molecule has 0 saturated carbocycles. The molecular formula is C23H22Cl2N2O4. The van der Waals surface area contributed by atoms with Gasteiger partial charge in [-0.2, -0.15) is 0 Å². The lowest BCUT2D eigenvalue weighted by Crippen LogP contribution is -2.54. The maximum atomic E-state index is 13.0. The molecule has 2 aromatic rings. The van der Waals surface area contributed by atoms with Gasteiger partial charge in [0.05, 0.1) is 22.3 Å². The van der Waals surface area contributed by atoms with Gasteiger partial charge in [-0.3, -0.25) is 14.9 Å². The number of halogens is 2. The quantitative estimate of drug-likeness (QED) is 0.484. The van der Waals surface area contributed by atoms with E-state index >= 15 is 0 Å². The van der Waals surface area contributed by atoms with Crippen LogP contribution in [0.15, 0.2) is 35.9 Å². The Bertz CT molecular complexity index is 1090. The number of anilines is 1. The number of ether oxygens (including phenoxy) is 1. The molecule has 0 aromatic heterocycles. The van der Waals surface area contributed by atoms with Crippen molar-refractivity contribution in [2.45, 2.75) is 27.7 Å². The van der Waals surface area contributed by atoms with E-state index in [-0.39, 0.29) is 21.5 Å². The van der Waals surface area contributed by atoms with Crippen LogP contribution in [0.5, 0.6) is 5.75 Å². The van der Waals surface area contributed by atoms with Crippen molar-refractivity contribution in [1.82, 2.24) is 5.32 Å². The number of nitrogens with zero attached hydrogens (tertiary/aromatic N) is 1. The highest BCUT2D eigenvalue weighted by atomic mass is 35.5. The molecule has 1 heterocycles. The summed E-state index contributed by atoms with van der Waals surface area (Å²) in [5, 5.41) is 2.71. The van der Waals surface area contributed by atoms with Crippen LogP contribution in [-0.2, 0) is 9.59 Å². The summed E-state index contributed by atoms with van der Waals surface area (Å²) < 4.78 is 5.64. The number of imide groups is 2. The Morgan fingerprint density at radius 3 is 2.26 bits per heavy atom. The third kappa shape index (κ3) is 4.92. The van der Waals surface area contributed by atoms with E-state index in [1.807, 2.05) is 27.7 Å². The summed E-state index contributed by atoms with van der Waals surface area (Å²) in [5.41, 5.74) is 2.53. The predicted octanol–water partition coefficient (Wildman–Crippen LogP) is 5.31. The lowest BCUT2D eigenvalue weighted by molar-refractivity contribution is -0.122.